The number of hydrogen-bond acceptors (Lipinski definition) is 3. The van der Waals surface area contributed by atoms with E-state index in [0.29, 0.717) is 32.4 Å². The van der Waals surface area contributed by atoms with Gasteiger partial charge in [0.25, 0.3) is 5.91 Å². The summed E-state index contributed by atoms with van der Waals surface area (Å²) in [7, 11) is 0. The number of hydrogen-bond donors (Lipinski definition) is 1. The Morgan fingerprint density at radius 2 is 1.80 bits per heavy atom. The van der Waals surface area contributed by atoms with Crippen molar-refractivity contribution in [3.05, 3.63) is 58.4 Å². The molecule has 1 heterocycles. The minimum atomic E-state index is -1.69. The van der Waals surface area contributed by atoms with Crippen LogP contribution in [-0.4, -0.2) is 32.2 Å². The summed E-state index contributed by atoms with van der Waals surface area (Å²) in [5.41, 5.74) is 0.459. The topological polar surface area (TPSA) is 41.6 Å². The minimum Gasteiger partial charge on any atom is -0.378 e. The molecule has 0 spiro atoms. The number of morpholine rings is 1. The van der Waals surface area contributed by atoms with Crippen molar-refractivity contribution in [1.82, 2.24) is 0 Å². The van der Waals surface area contributed by atoms with Crippen molar-refractivity contribution in [3.8, 4) is 0 Å². The number of nitrogens with one attached hydrogen (secondary N) is 1. The van der Waals surface area contributed by atoms with Gasteiger partial charge in [0.05, 0.1) is 29.5 Å². The van der Waals surface area contributed by atoms with Crippen molar-refractivity contribution < 1.29 is 22.7 Å². The van der Waals surface area contributed by atoms with Gasteiger partial charge in [0.2, 0.25) is 0 Å². The monoisotopic (exact) mass is 370 g/mol. The highest BCUT2D eigenvalue weighted by Gasteiger charge is 2.20. The van der Waals surface area contributed by atoms with E-state index in [0.717, 1.165) is 11.8 Å². The zero-order valence-corrected chi connectivity index (χ0v) is 13.7. The molecule has 1 fully saturated rings. The van der Waals surface area contributed by atoms with Crippen LogP contribution in [0.2, 0.25) is 5.02 Å². The third-order valence-corrected chi connectivity index (χ3v) is 4.18. The van der Waals surface area contributed by atoms with E-state index in [1.165, 1.54) is 0 Å². The molecule has 0 aromatic heterocycles. The Hall–Kier alpha value is -2.25. The van der Waals surface area contributed by atoms with Crippen LogP contribution in [0.5, 0.6) is 0 Å². The number of halogens is 4. The highest BCUT2D eigenvalue weighted by atomic mass is 35.5. The average molecular weight is 371 g/mol. The minimum absolute atomic E-state index is 0.244. The summed E-state index contributed by atoms with van der Waals surface area (Å²) in [6, 6.07) is 6.61. The molecule has 0 bridgehead atoms. The quantitative estimate of drug-likeness (QED) is 0.834. The zero-order valence-electron chi connectivity index (χ0n) is 13.0. The number of carbonyl (C=O) groups is 1. The molecule has 1 N–H and O–H groups in total. The van der Waals surface area contributed by atoms with Gasteiger partial charge < -0.3 is 15.0 Å². The molecule has 4 nitrogen and oxygen atoms in total. The van der Waals surface area contributed by atoms with E-state index in [1.807, 2.05) is 4.90 Å². The van der Waals surface area contributed by atoms with Crippen LogP contribution < -0.4 is 10.2 Å². The van der Waals surface area contributed by atoms with Crippen molar-refractivity contribution >= 4 is 28.9 Å². The normalized spacial score (nSPS) is 14.5. The molecule has 2 aromatic rings. The van der Waals surface area contributed by atoms with Crippen molar-refractivity contribution in [2.75, 3.05) is 36.5 Å². The molecule has 8 heteroatoms. The number of benzene rings is 2. The van der Waals surface area contributed by atoms with Gasteiger partial charge in [-0.05, 0) is 30.3 Å². The Morgan fingerprint density at radius 1 is 1.08 bits per heavy atom. The van der Waals surface area contributed by atoms with E-state index < -0.39 is 28.9 Å². The highest BCUT2D eigenvalue weighted by Crippen LogP contribution is 2.29. The lowest BCUT2D eigenvalue weighted by Gasteiger charge is -2.29. The first kappa shape index (κ1) is 17.6. The van der Waals surface area contributed by atoms with Crippen LogP contribution in [0.3, 0.4) is 0 Å². The van der Waals surface area contributed by atoms with Crippen LogP contribution in [-0.2, 0) is 4.74 Å². The summed E-state index contributed by atoms with van der Waals surface area (Å²) in [5, 5.41) is 2.68. The Bertz CT molecular complexity index is 811. The van der Waals surface area contributed by atoms with Crippen molar-refractivity contribution in [1.29, 1.82) is 0 Å². The van der Waals surface area contributed by atoms with Gasteiger partial charge in [0.1, 0.15) is 0 Å². The highest BCUT2D eigenvalue weighted by molar-refractivity contribution is 6.34. The maximum atomic E-state index is 13.8. The van der Waals surface area contributed by atoms with Crippen LogP contribution in [0.4, 0.5) is 24.5 Å². The molecule has 2 aromatic carbocycles. The molecule has 1 saturated heterocycles. The number of amides is 1. The first-order valence-electron chi connectivity index (χ1n) is 7.54. The second-order valence-electron chi connectivity index (χ2n) is 5.44. The molecular formula is C17H14ClF3N2O2. The van der Waals surface area contributed by atoms with Crippen LogP contribution >= 0.6 is 11.6 Å². The first-order valence-corrected chi connectivity index (χ1v) is 7.92. The van der Waals surface area contributed by atoms with Crippen LogP contribution in [0, 0.1) is 17.5 Å². The van der Waals surface area contributed by atoms with Crippen molar-refractivity contribution in [2.24, 2.45) is 0 Å². The summed E-state index contributed by atoms with van der Waals surface area (Å²) in [4.78, 5) is 14.3. The van der Waals surface area contributed by atoms with Gasteiger partial charge in [0, 0.05) is 18.8 Å². The maximum absolute atomic E-state index is 13.8. The largest absolute Gasteiger partial charge is 0.378 e. The summed E-state index contributed by atoms with van der Waals surface area (Å²) >= 11 is 6.08. The molecule has 1 amide bonds. The fourth-order valence-electron chi connectivity index (χ4n) is 2.52. The van der Waals surface area contributed by atoms with Crippen molar-refractivity contribution in [3.63, 3.8) is 0 Å². The molecule has 0 atom stereocenters. The third kappa shape index (κ3) is 3.72. The Labute approximate surface area is 147 Å². The molecule has 3 rings (SSSR count). The molecule has 25 heavy (non-hydrogen) atoms. The Balaban J connectivity index is 1.84. The van der Waals surface area contributed by atoms with E-state index in [1.54, 1.807) is 18.2 Å². The lowest BCUT2D eigenvalue weighted by Crippen LogP contribution is -2.36. The van der Waals surface area contributed by atoms with Crippen LogP contribution in [0.15, 0.2) is 30.3 Å². The van der Waals surface area contributed by atoms with Gasteiger partial charge in [-0.15, -0.1) is 0 Å². The third-order valence-electron chi connectivity index (χ3n) is 3.85. The second-order valence-corrected chi connectivity index (χ2v) is 5.85. The fourth-order valence-corrected chi connectivity index (χ4v) is 2.68. The van der Waals surface area contributed by atoms with Gasteiger partial charge in [-0.1, -0.05) is 11.6 Å². The van der Waals surface area contributed by atoms with Gasteiger partial charge in [-0.3, -0.25) is 4.79 Å². The lowest BCUT2D eigenvalue weighted by molar-refractivity contribution is 0.102. The smallest absolute Gasteiger partial charge is 0.258 e. The molecule has 1 aliphatic rings. The fraction of sp³-hybridized carbons (Fsp3) is 0.235. The zero-order chi connectivity index (χ0) is 18.0. The first-order chi connectivity index (χ1) is 12.0. The summed E-state index contributed by atoms with van der Waals surface area (Å²) in [6.45, 7) is 2.55. The maximum Gasteiger partial charge on any atom is 0.258 e. The van der Waals surface area contributed by atoms with Crippen LogP contribution in [0.25, 0.3) is 0 Å². The Morgan fingerprint density at radius 3 is 2.52 bits per heavy atom. The van der Waals surface area contributed by atoms with Gasteiger partial charge in [0.15, 0.2) is 17.5 Å². The van der Waals surface area contributed by atoms with Gasteiger partial charge in [-0.25, -0.2) is 13.2 Å². The molecule has 1 aliphatic heterocycles. The van der Waals surface area contributed by atoms with Gasteiger partial charge in [-0.2, -0.15) is 0 Å². The lowest BCUT2D eigenvalue weighted by atomic mass is 10.1. The molecule has 132 valence electrons. The predicted molar refractivity (Wildman–Crippen MR) is 88.8 cm³/mol. The number of nitrogens with zero attached hydrogens (tertiary/aromatic N) is 1. The molecular weight excluding hydrogens is 357 g/mol. The Kier molecular flexibility index (Phi) is 5.15. The van der Waals surface area contributed by atoms with E-state index in [-0.39, 0.29) is 10.7 Å². The SMILES string of the molecule is O=C(Nc1cc(N2CCOCC2)ccc1Cl)c1ccc(F)c(F)c1F. The van der Waals surface area contributed by atoms with Crippen molar-refractivity contribution in [2.45, 2.75) is 0 Å². The summed E-state index contributed by atoms with van der Waals surface area (Å²) < 4.78 is 45.3. The van der Waals surface area contributed by atoms with E-state index in [4.69, 9.17) is 16.3 Å². The van der Waals surface area contributed by atoms with E-state index in [2.05, 4.69) is 5.32 Å². The molecule has 0 radical (unpaired) electrons. The second kappa shape index (κ2) is 7.33. The van der Waals surface area contributed by atoms with E-state index >= 15 is 0 Å². The predicted octanol–water partition coefficient (Wildman–Crippen LogP) is 3.85. The summed E-state index contributed by atoms with van der Waals surface area (Å²) in [5.74, 6) is -5.52. The molecule has 0 saturated carbocycles. The van der Waals surface area contributed by atoms with Gasteiger partial charge >= 0.3 is 0 Å². The number of ether oxygens (including phenoxy) is 1. The number of carbonyl (C=O) groups excluding carboxylic acids is 1. The average Bonchev–Trinajstić information content (AvgIpc) is 2.62. The molecule has 0 aliphatic carbocycles. The summed E-state index contributed by atoms with van der Waals surface area (Å²) in [6.07, 6.45) is 0. The van der Waals surface area contributed by atoms with Crippen LogP contribution in [0.1, 0.15) is 10.4 Å². The van der Waals surface area contributed by atoms with E-state index in [9.17, 15) is 18.0 Å². The number of rotatable bonds is 3. The standard InChI is InChI=1S/C17H14ClF3N2O2/c18-12-3-1-10(23-5-7-25-8-6-23)9-14(12)22-17(24)11-2-4-13(19)16(21)15(11)20/h1-4,9H,5-8H2,(H,22,24). The molecule has 0 unspecified atom stereocenters. The number of anilines is 2.